The highest BCUT2D eigenvalue weighted by Gasteiger charge is 2.31. The number of aromatic nitrogens is 3. The van der Waals surface area contributed by atoms with Gasteiger partial charge in [0.15, 0.2) is 5.65 Å². The molecule has 1 aliphatic heterocycles. The number of carboxylic acid groups (broad SMARTS) is 1. The Labute approximate surface area is 249 Å². The van der Waals surface area contributed by atoms with Crippen molar-refractivity contribution in [3.8, 4) is 11.8 Å². The lowest BCUT2D eigenvalue weighted by Crippen LogP contribution is -2.38. The lowest BCUT2D eigenvalue weighted by molar-refractivity contribution is -0.144. The summed E-state index contributed by atoms with van der Waals surface area (Å²) in [4.78, 5) is 30.2. The molecule has 0 bridgehead atoms. The number of benzene rings is 2. The van der Waals surface area contributed by atoms with E-state index in [1.54, 1.807) is 35.8 Å². The average molecular weight is 612 g/mol. The average Bonchev–Trinajstić information content (AvgIpc) is 3.37. The van der Waals surface area contributed by atoms with Crippen LogP contribution in [0.3, 0.4) is 0 Å². The molecule has 4 aromatic rings. The summed E-state index contributed by atoms with van der Waals surface area (Å²) >= 11 is 5.85. The molecule has 0 spiro atoms. The van der Waals surface area contributed by atoms with Crippen LogP contribution in [0.1, 0.15) is 45.6 Å². The second-order valence-corrected chi connectivity index (χ2v) is 10.3. The van der Waals surface area contributed by atoms with Crippen LogP contribution in [0.4, 0.5) is 24.7 Å². The maximum absolute atomic E-state index is 13.2. The van der Waals surface area contributed by atoms with Crippen LogP contribution in [0.25, 0.3) is 5.65 Å². The number of carboxylic acids is 1. The first kappa shape index (κ1) is 29.9. The molecule has 1 saturated heterocycles. The Bertz CT molecular complexity index is 1750. The number of piperidine rings is 1. The number of amides is 1. The minimum absolute atomic E-state index is 0.0784. The van der Waals surface area contributed by atoms with E-state index in [4.69, 9.17) is 26.5 Å². The second-order valence-electron chi connectivity index (χ2n) is 9.90. The first-order chi connectivity index (χ1) is 20.5. The van der Waals surface area contributed by atoms with E-state index in [9.17, 15) is 22.8 Å². The monoisotopic (exact) mass is 611 g/mol. The highest BCUT2D eigenvalue weighted by Crippen LogP contribution is 2.33. The minimum Gasteiger partial charge on any atom is -0.480 e. The fourth-order valence-corrected chi connectivity index (χ4v) is 4.97. The largest absolute Gasteiger partial charge is 0.480 e. The van der Waals surface area contributed by atoms with Gasteiger partial charge in [-0.1, -0.05) is 23.6 Å². The van der Waals surface area contributed by atoms with Crippen molar-refractivity contribution in [2.24, 2.45) is 0 Å². The van der Waals surface area contributed by atoms with E-state index < -0.39 is 23.6 Å². The number of halogens is 4. The molecular formula is C30H25ClF3N5O4. The first-order valence-electron chi connectivity index (χ1n) is 13.2. The topological polar surface area (TPSA) is 109 Å². The molecular weight excluding hydrogens is 587 g/mol. The number of alkyl halides is 3. The summed E-state index contributed by atoms with van der Waals surface area (Å²) in [7, 11) is 0. The van der Waals surface area contributed by atoms with Gasteiger partial charge in [-0.05, 0) is 73.7 Å². The van der Waals surface area contributed by atoms with E-state index >= 15 is 0 Å². The lowest BCUT2D eigenvalue weighted by Gasteiger charge is -2.32. The van der Waals surface area contributed by atoms with Crippen LogP contribution >= 0.6 is 11.6 Å². The third-order valence-corrected chi connectivity index (χ3v) is 7.16. The van der Waals surface area contributed by atoms with Gasteiger partial charge in [-0.2, -0.15) is 13.2 Å². The van der Waals surface area contributed by atoms with Crippen molar-refractivity contribution < 1.29 is 32.6 Å². The fourth-order valence-electron chi connectivity index (χ4n) is 4.73. The Kier molecular flexibility index (Phi) is 8.57. The number of ether oxygens (including phenoxy) is 1. The lowest BCUT2D eigenvalue weighted by atomic mass is 10.0. The number of rotatable bonds is 6. The van der Waals surface area contributed by atoms with E-state index in [-0.39, 0.29) is 29.0 Å². The summed E-state index contributed by atoms with van der Waals surface area (Å²) in [5.74, 6) is 5.23. The molecule has 1 aliphatic rings. The van der Waals surface area contributed by atoms with E-state index in [1.807, 2.05) is 12.1 Å². The molecule has 1 fully saturated rings. The zero-order valence-electron chi connectivity index (χ0n) is 22.8. The Morgan fingerprint density at radius 1 is 1.14 bits per heavy atom. The van der Waals surface area contributed by atoms with E-state index in [2.05, 4.69) is 27.0 Å². The zero-order chi connectivity index (χ0) is 30.7. The van der Waals surface area contributed by atoms with Gasteiger partial charge in [-0.25, -0.2) is 14.3 Å². The third-order valence-electron chi connectivity index (χ3n) is 6.94. The normalized spacial score (nSPS) is 13.9. The minimum atomic E-state index is -4.61. The molecule has 3 heterocycles. The van der Waals surface area contributed by atoms with Crippen LogP contribution in [-0.2, 0) is 15.7 Å². The van der Waals surface area contributed by atoms with Gasteiger partial charge in [0.25, 0.3) is 5.91 Å². The number of nitrogens with zero attached hydrogens (tertiary/aromatic N) is 4. The number of imidazole rings is 1. The summed E-state index contributed by atoms with van der Waals surface area (Å²) in [5, 5.41) is 15.9. The number of carbonyl (C=O) groups excluding carboxylic acids is 1. The van der Waals surface area contributed by atoms with Crippen molar-refractivity contribution in [2.45, 2.75) is 32.0 Å². The number of anilines is 2. The number of aliphatic carboxylic acids is 1. The molecule has 222 valence electrons. The van der Waals surface area contributed by atoms with E-state index in [1.165, 1.54) is 6.07 Å². The third kappa shape index (κ3) is 7.07. The number of hydrogen-bond donors (Lipinski definition) is 2. The maximum Gasteiger partial charge on any atom is 0.416 e. The Hall–Kier alpha value is -4.60. The number of carbonyl (C=O) groups is 2. The predicted octanol–water partition coefficient (Wildman–Crippen LogP) is 5.43. The summed E-state index contributed by atoms with van der Waals surface area (Å²) in [6, 6.07) is 11.5. The van der Waals surface area contributed by atoms with Crippen molar-refractivity contribution in [1.82, 2.24) is 14.6 Å². The molecule has 2 aromatic carbocycles. The van der Waals surface area contributed by atoms with Crippen molar-refractivity contribution in [2.75, 3.05) is 29.9 Å². The molecule has 0 unspecified atom stereocenters. The van der Waals surface area contributed by atoms with Gasteiger partial charge < -0.3 is 20.1 Å². The summed E-state index contributed by atoms with van der Waals surface area (Å²) in [5.41, 5.74) is 1.40. The molecule has 9 nitrogen and oxygen atoms in total. The molecule has 0 atom stereocenters. The highest BCUT2D eigenvalue weighted by atomic mass is 35.5. The number of hydrogen-bond acceptors (Lipinski definition) is 6. The highest BCUT2D eigenvalue weighted by molar-refractivity contribution is 6.31. The van der Waals surface area contributed by atoms with E-state index in [0.29, 0.717) is 48.4 Å². The number of nitrogens with one attached hydrogen (secondary N) is 1. The standard InChI is InChI=1S/C30H25ClF3N5O4/c1-18-19(3-2-4-25(18)29(42)36-22-14-20(30(32,33)34)13-21(31)15-22)5-6-23-16-35-26-7-8-27(37-39(23)26)38-11-9-24(10-12-38)43-17-28(40)41/h2-4,7-8,13-16,24H,9-12,17H2,1H3,(H,36,42)(H,40,41). The van der Waals surface area contributed by atoms with Crippen molar-refractivity contribution in [1.29, 1.82) is 0 Å². The van der Waals surface area contributed by atoms with Crippen molar-refractivity contribution in [3.05, 3.63) is 87.7 Å². The van der Waals surface area contributed by atoms with Gasteiger partial charge in [0.1, 0.15) is 18.1 Å². The molecule has 0 saturated carbocycles. The van der Waals surface area contributed by atoms with Gasteiger partial charge >= 0.3 is 12.1 Å². The Morgan fingerprint density at radius 2 is 1.91 bits per heavy atom. The van der Waals surface area contributed by atoms with Gasteiger partial charge in [0.05, 0.1) is 17.9 Å². The quantitative estimate of drug-likeness (QED) is 0.280. The molecule has 0 radical (unpaired) electrons. The van der Waals surface area contributed by atoms with Crippen LogP contribution in [0, 0.1) is 18.8 Å². The zero-order valence-corrected chi connectivity index (χ0v) is 23.5. The summed E-state index contributed by atoms with van der Waals surface area (Å²) in [6.45, 7) is 2.69. The maximum atomic E-state index is 13.2. The fraction of sp³-hybridized carbons (Fsp3) is 0.267. The van der Waals surface area contributed by atoms with Crippen LogP contribution in [-0.4, -0.2) is 57.4 Å². The summed E-state index contributed by atoms with van der Waals surface area (Å²) < 4.78 is 46.6. The van der Waals surface area contributed by atoms with Crippen LogP contribution < -0.4 is 10.2 Å². The molecule has 1 amide bonds. The predicted molar refractivity (Wildman–Crippen MR) is 153 cm³/mol. The van der Waals surface area contributed by atoms with Gasteiger partial charge in [-0.3, -0.25) is 4.79 Å². The molecule has 13 heteroatoms. The van der Waals surface area contributed by atoms with Gasteiger partial charge in [0, 0.05) is 34.9 Å². The molecule has 5 rings (SSSR count). The smallest absolute Gasteiger partial charge is 0.416 e. The van der Waals surface area contributed by atoms with Crippen LogP contribution in [0.15, 0.2) is 54.7 Å². The first-order valence-corrected chi connectivity index (χ1v) is 13.6. The molecule has 0 aliphatic carbocycles. The van der Waals surface area contributed by atoms with E-state index in [0.717, 1.165) is 18.0 Å². The van der Waals surface area contributed by atoms with Gasteiger partial charge in [-0.15, -0.1) is 5.10 Å². The second kappa shape index (κ2) is 12.3. The Morgan fingerprint density at radius 3 is 2.63 bits per heavy atom. The molecule has 43 heavy (non-hydrogen) atoms. The molecule has 2 N–H and O–H groups in total. The number of fused-ring (bicyclic) bond motifs is 1. The molecule has 2 aromatic heterocycles. The SMILES string of the molecule is Cc1c(C#Cc2cnc3ccc(N4CCC(OCC(=O)O)CC4)nn23)cccc1C(=O)Nc1cc(Cl)cc(C(F)(F)F)c1. The van der Waals surface area contributed by atoms with Crippen LogP contribution in [0.2, 0.25) is 5.02 Å². The van der Waals surface area contributed by atoms with Crippen molar-refractivity contribution in [3.63, 3.8) is 0 Å². The summed E-state index contributed by atoms with van der Waals surface area (Å²) in [6.07, 6.45) is -1.79. The van der Waals surface area contributed by atoms with Gasteiger partial charge in [0.2, 0.25) is 0 Å². The Balaban J connectivity index is 1.33. The van der Waals surface area contributed by atoms with Crippen LogP contribution in [0.5, 0.6) is 0 Å². The van der Waals surface area contributed by atoms with Crippen molar-refractivity contribution >= 4 is 40.6 Å².